The Morgan fingerprint density at radius 3 is 2.41 bits per heavy atom. The molecule has 1 unspecified atom stereocenters. The molecule has 2 aliphatic heterocycles. The third kappa shape index (κ3) is 3.28. The average molecular weight is 405 g/mol. The third-order valence-electron chi connectivity index (χ3n) is 5.19. The summed E-state index contributed by atoms with van der Waals surface area (Å²) in [5.74, 6) is 0.447. The van der Waals surface area contributed by atoms with E-state index < -0.39 is 17.9 Å². The molecular weight excluding hydrogens is 387 g/mol. The van der Waals surface area contributed by atoms with E-state index in [1.807, 2.05) is 0 Å². The molecule has 152 valence electrons. The lowest BCUT2D eigenvalue weighted by atomic mass is 10.1. The molecule has 0 N–H and O–H groups in total. The normalized spacial score (nSPS) is 18.9. The zero-order valence-corrected chi connectivity index (χ0v) is 15.6. The number of anilines is 2. The first-order chi connectivity index (χ1) is 13.8. The maximum atomic E-state index is 13.0. The molecule has 2 aromatic rings. The Hall–Kier alpha value is -3.17. The first-order valence-corrected chi connectivity index (χ1v) is 9.12. The van der Waals surface area contributed by atoms with Crippen LogP contribution in [0.25, 0.3) is 11.4 Å². The Labute approximate surface area is 164 Å². The molecule has 0 saturated carbocycles. The number of likely N-dealkylation sites (N-methyl/N-ethyl adjacent to an activating group) is 1. The van der Waals surface area contributed by atoms with E-state index in [0.29, 0.717) is 30.6 Å². The molecule has 29 heavy (non-hydrogen) atoms. The standard InChI is InChI=1S/C19H18F3N5O2/c1-25-14-10-23-16(12-4-6-13(7-5-12)19(20,21)22)24-17(14)27(15(25)11-28)18(29)26-8-2-3-9-26/h4-7,10-11,15H,2-3,8-9H2,1H3. The van der Waals surface area contributed by atoms with E-state index in [0.717, 1.165) is 25.0 Å². The van der Waals surface area contributed by atoms with Crippen LogP contribution in [0.15, 0.2) is 30.5 Å². The monoisotopic (exact) mass is 405 g/mol. The third-order valence-corrected chi connectivity index (χ3v) is 5.19. The van der Waals surface area contributed by atoms with Gasteiger partial charge in [-0.3, -0.25) is 4.79 Å². The van der Waals surface area contributed by atoms with Gasteiger partial charge in [0.2, 0.25) is 0 Å². The van der Waals surface area contributed by atoms with E-state index in [1.165, 1.54) is 23.2 Å². The van der Waals surface area contributed by atoms with Gasteiger partial charge < -0.3 is 9.80 Å². The van der Waals surface area contributed by atoms with Crippen molar-refractivity contribution in [2.45, 2.75) is 25.2 Å². The predicted octanol–water partition coefficient (Wildman–Crippen LogP) is 3.16. The van der Waals surface area contributed by atoms with E-state index in [-0.39, 0.29) is 17.7 Å². The van der Waals surface area contributed by atoms with Crippen molar-refractivity contribution in [3.63, 3.8) is 0 Å². The SMILES string of the molecule is CN1c2cnc(-c3ccc(C(F)(F)F)cc3)nc2N(C(=O)N2CCCC2)C1C=O. The molecule has 1 fully saturated rings. The minimum atomic E-state index is -4.43. The van der Waals surface area contributed by atoms with Crippen molar-refractivity contribution >= 4 is 23.8 Å². The minimum absolute atomic E-state index is 0.177. The zero-order valence-electron chi connectivity index (χ0n) is 15.6. The summed E-state index contributed by atoms with van der Waals surface area (Å²) in [6.45, 7) is 1.22. The number of urea groups is 1. The number of hydrogen-bond donors (Lipinski definition) is 0. The van der Waals surface area contributed by atoms with Crippen LogP contribution in [0.5, 0.6) is 0 Å². The first kappa shape index (κ1) is 19.2. The fourth-order valence-electron chi connectivity index (χ4n) is 3.60. The Kier molecular flexibility index (Phi) is 4.64. The fourth-order valence-corrected chi connectivity index (χ4v) is 3.60. The second kappa shape index (κ2) is 7.02. The summed E-state index contributed by atoms with van der Waals surface area (Å²) in [6.07, 6.45) is -1.36. The number of carbonyl (C=O) groups excluding carboxylic acids is 2. The second-order valence-electron chi connectivity index (χ2n) is 6.98. The van der Waals surface area contributed by atoms with Crippen LogP contribution >= 0.6 is 0 Å². The summed E-state index contributed by atoms with van der Waals surface area (Å²) < 4.78 is 38.4. The van der Waals surface area contributed by atoms with E-state index in [4.69, 9.17) is 0 Å². The number of carbonyl (C=O) groups is 2. The summed E-state index contributed by atoms with van der Waals surface area (Å²) in [6, 6.07) is 4.17. The Balaban J connectivity index is 1.72. The number of alkyl halides is 3. The Bertz CT molecular complexity index is 942. The van der Waals surface area contributed by atoms with Gasteiger partial charge in [-0.25, -0.2) is 19.7 Å². The van der Waals surface area contributed by atoms with Gasteiger partial charge >= 0.3 is 12.2 Å². The minimum Gasteiger partial charge on any atom is -0.344 e. The molecule has 3 heterocycles. The zero-order chi connectivity index (χ0) is 20.8. The number of aromatic nitrogens is 2. The molecule has 0 bridgehead atoms. The number of aldehydes is 1. The van der Waals surface area contributed by atoms with E-state index in [2.05, 4.69) is 9.97 Å². The predicted molar refractivity (Wildman–Crippen MR) is 99.4 cm³/mol. The average Bonchev–Trinajstić information content (AvgIpc) is 3.33. The highest BCUT2D eigenvalue weighted by molar-refractivity contribution is 6.02. The molecule has 2 aliphatic rings. The number of rotatable bonds is 2. The van der Waals surface area contributed by atoms with Crippen LogP contribution in [0.3, 0.4) is 0 Å². The van der Waals surface area contributed by atoms with Crippen molar-refractivity contribution < 1.29 is 22.8 Å². The van der Waals surface area contributed by atoms with Gasteiger partial charge in [0, 0.05) is 25.7 Å². The lowest BCUT2D eigenvalue weighted by molar-refractivity contribution is -0.137. The topological polar surface area (TPSA) is 69.6 Å². The van der Waals surface area contributed by atoms with Crippen LogP contribution in [0.1, 0.15) is 18.4 Å². The fraction of sp³-hybridized carbons (Fsp3) is 0.368. The highest BCUT2D eigenvalue weighted by Gasteiger charge is 2.42. The lowest BCUT2D eigenvalue weighted by Crippen LogP contribution is -2.51. The number of fused-ring (bicyclic) bond motifs is 1. The van der Waals surface area contributed by atoms with Gasteiger partial charge in [-0.15, -0.1) is 0 Å². The molecule has 1 saturated heterocycles. The van der Waals surface area contributed by atoms with Crippen LogP contribution < -0.4 is 9.80 Å². The summed E-state index contributed by atoms with van der Waals surface area (Å²) in [5, 5.41) is 0. The Morgan fingerprint density at radius 2 is 1.83 bits per heavy atom. The first-order valence-electron chi connectivity index (χ1n) is 9.12. The highest BCUT2D eigenvalue weighted by atomic mass is 19.4. The Morgan fingerprint density at radius 1 is 1.17 bits per heavy atom. The van der Waals surface area contributed by atoms with E-state index in [9.17, 15) is 22.8 Å². The molecule has 7 nitrogen and oxygen atoms in total. The molecule has 2 amide bonds. The number of nitrogens with zero attached hydrogens (tertiary/aromatic N) is 5. The molecule has 10 heteroatoms. The van der Waals surface area contributed by atoms with Crippen molar-refractivity contribution in [2.24, 2.45) is 0 Å². The molecule has 0 radical (unpaired) electrons. The summed E-state index contributed by atoms with van der Waals surface area (Å²) in [4.78, 5) is 37.9. The van der Waals surface area contributed by atoms with Gasteiger partial charge in [0.25, 0.3) is 0 Å². The van der Waals surface area contributed by atoms with Gasteiger partial charge in [-0.1, -0.05) is 12.1 Å². The molecule has 1 aromatic heterocycles. The van der Waals surface area contributed by atoms with Gasteiger partial charge in [0.1, 0.15) is 5.69 Å². The summed E-state index contributed by atoms with van der Waals surface area (Å²) >= 11 is 0. The van der Waals surface area contributed by atoms with Gasteiger partial charge in [-0.05, 0) is 25.0 Å². The highest BCUT2D eigenvalue weighted by Crippen LogP contribution is 2.38. The number of likely N-dealkylation sites (tertiary alicyclic amines) is 1. The maximum absolute atomic E-state index is 13.0. The van der Waals surface area contributed by atoms with Crippen molar-refractivity contribution in [1.82, 2.24) is 14.9 Å². The van der Waals surface area contributed by atoms with Gasteiger partial charge in [0.05, 0.1) is 11.8 Å². The van der Waals surface area contributed by atoms with Crippen LogP contribution in [-0.4, -0.2) is 53.5 Å². The van der Waals surface area contributed by atoms with Crippen LogP contribution in [-0.2, 0) is 11.0 Å². The van der Waals surface area contributed by atoms with Crippen molar-refractivity contribution in [2.75, 3.05) is 29.9 Å². The molecule has 0 spiro atoms. The molecule has 1 aromatic carbocycles. The van der Waals surface area contributed by atoms with Crippen molar-refractivity contribution in [3.8, 4) is 11.4 Å². The van der Waals surface area contributed by atoms with E-state index in [1.54, 1.807) is 16.8 Å². The molecule has 0 aliphatic carbocycles. The smallest absolute Gasteiger partial charge is 0.344 e. The van der Waals surface area contributed by atoms with Crippen LogP contribution in [0, 0.1) is 0 Å². The quantitative estimate of drug-likeness (QED) is 0.718. The van der Waals surface area contributed by atoms with Crippen LogP contribution in [0.4, 0.5) is 29.5 Å². The van der Waals surface area contributed by atoms with Crippen LogP contribution in [0.2, 0.25) is 0 Å². The molecular formula is C19H18F3N5O2. The maximum Gasteiger partial charge on any atom is 0.416 e. The van der Waals surface area contributed by atoms with Crippen molar-refractivity contribution in [1.29, 1.82) is 0 Å². The summed E-state index contributed by atoms with van der Waals surface area (Å²) in [7, 11) is 1.66. The number of benzene rings is 1. The van der Waals surface area contributed by atoms with E-state index >= 15 is 0 Å². The summed E-state index contributed by atoms with van der Waals surface area (Å²) in [5.41, 5.74) is 0.117. The van der Waals surface area contributed by atoms with Gasteiger partial charge in [-0.2, -0.15) is 13.2 Å². The number of amides is 2. The molecule has 4 rings (SSSR count). The second-order valence-corrected chi connectivity index (χ2v) is 6.98. The van der Waals surface area contributed by atoms with Gasteiger partial charge in [0.15, 0.2) is 24.1 Å². The molecule has 1 atom stereocenters. The van der Waals surface area contributed by atoms with Crippen molar-refractivity contribution in [3.05, 3.63) is 36.0 Å². The lowest BCUT2D eigenvalue weighted by Gasteiger charge is -2.28. The largest absolute Gasteiger partial charge is 0.416 e. The number of hydrogen-bond acceptors (Lipinski definition) is 5. The number of halogens is 3.